The molecule has 21 heavy (non-hydrogen) atoms. The van der Waals surface area contributed by atoms with Crippen LogP contribution >= 0.6 is 0 Å². The lowest BCUT2D eigenvalue weighted by molar-refractivity contribution is 0.00846. The van der Waals surface area contributed by atoms with Crippen LogP contribution in [-0.2, 0) is 14.2 Å². The van der Waals surface area contributed by atoms with E-state index in [2.05, 4.69) is 16.9 Å². The van der Waals surface area contributed by atoms with Crippen LogP contribution in [0.15, 0.2) is 12.4 Å². The van der Waals surface area contributed by atoms with E-state index in [4.69, 9.17) is 24.7 Å². The number of rotatable bonds is 13. The van der Waals surface area contributed by atoms with Crippen LogP contribution in [0.1, 0.15) is 19.8 Å². The number of hydrogen-bond donors (Lipinski definition) is 1. The van der Waals surface area contributed by atoms with E-state index in [0.29, 0.717) is 51.3 Å². The van der Waals surface area contributed by atoms with Crippen LogP contribution in [0.25, 0.3) is 0 Å². The van der Waals surface area contributed by atoms with Gasteiger partial charge in [0.2, 0.25) is 0 Å². The molecule has 0 bridgehead atoms. The normalized spacial score (nSPS) is 10.7. The maximum Gasteiger partial charge on any atom is 0.316 e. The zero-order valence-electron chi connectivity index (χ0n) is 12.6. The van der Waals surface area contributed by atoms with Crippen molar-refractivity contribution in [1.29, 1.82) is 0 Å². The molecule has 0 unspecified atom stereocenters. The molecule has 0 atom stereocenters. The number of unbranched alkanes of at least 4 members (excludes halogenated alkanes) is 1. The van der Waals surface area contributed by atoms with Gasteiger partial charge < -0.3 is 24.7 Å². The number of nitrogen functional groups attached to an aromatic ring is 1. The number of anilines is 1. The molecule has 1 aromatic heterocycles. The Hall–Kier alpha value is -1.44. The predicted molar refractivity (Wildman–Crippen MR) is 79.3 cm³/mol. The van der Waals surface area contributed by atoms with Crippen LogP contribution < -0.4 is 10.5 Å². The van der Waals surface area contributed by atoms with Crippen molar-refractivity contribution in [2.45, 2.75) is 19.8 Å². The SMILES string of the molecule is CCCCOCCOCCOCCOc1ncc(N)cn1. The second kappa shape index (κ2) is 12.3. The second-order valence-corrected chi connectivity index (χ2v) is 4.34. The van der Waals surface area contributed by atoms with Crippen molar-refractivity contribution in [1.82, 2.24) is 9.97 Å². The highest BCUT2D eigenvalue weighted by atomic mass is 16.6. The summed E-state index contributed by atoms with van der Waals surface area (Å²) in [5.74, 6) is 0. The molecule has 0 spiro atoms. The standard InChI is InChI=1S/C14H25N3O4/c1-2-3-4-18-5-6-19-7-8-20-9-10-21-14-16-11-13(15)12-17-14/h11-12H,2-10,15H2,1H3. The zero-order chi connectivity index (χ0) is 15.2. The minimum absolute atomic E-state index is 0.299. The van der Waals surface area contributed by atoms with E-state index in [1.54, 1.807) is 0 Å². The quantitative estimate of drug-likeness (QED) is 0.549. The molecular weight excluding hydrogens is 274 g/mol. The summed E-state index contributed by atoms with van der Waals surface area (Å²) in [5, 5.41) is 0. The Kier molecular flexibility index (Phi) is 10.3. The average molecular weight is 299 g/mol. The minimum atomic E-state index is 0.299. The van der Waals surface area contributed by atoms with E-state index in [1.807, 2.05) is 0 Å². The van der Waals surface area contributed by atoms with Crippen molar-refractivity contribution >= 4 is 5.69 Å². The molecule has 7 heteroatoms. The highest BCUT2D eigenvalue weighted by Crippen LogP contribution is 2.02. The Morgan fingerprint density at radius 3 is 1.95 bits per heavy atom. The Morgan fingerprint density at radius 1 is 0.857 bits per heavy atom. The van der Waals surface area contributed by atoms with E-state index in [1.165, 1.54) is 12.4 Å². The van der Waals surface area contributed by atoms with E-state index in [9.17, 15) is 0 Å². The van der Waals surface area contributed by atoms with Crippen LogP contribution in [-0.4, -0.2) is 56.2 Å². The van der Waals surface area contributed by atoms with Crippen LogP contribution in [0.5, 0.6) is 6.01 Å². The molecule has 1 rings (SSSR count). The van der Waals surface area contributed by atoms with Crippen molar-refractivity contribution in [2.75, 3.05) is 52.0 Å². The smallest absolute Gasteiger partial charge is 0.316 e. The van der Waals surface area contributed by atoms with E-state index < -0.39 is 0 Å². The molecule has 0 radical (unpaired) electrons. The second-order valence-electron chi connectivity index (χ2n) is 4.34. The molecule has 1 heterocycles. The Bertz CT molecular complexity index is 349. The third-order valence-corrected chi connectivity index (χ3v) is 2.49. The lowest BCUT2D eigenvalue weighted by Crippen LogP contribution is -2.13. The lowest BCUT2D eigenvalue weighted by Gasteiger charge is -2.07. The summed E-state index contributed by atoms with van der Waals surface area (Å²) in [6.45, 7) is 6.12. The number of nitrogens with two attached hydrogens (primary N) is 1. The molecule has 0 aliphatic rings. The van der Waals surface area contributed by atoms with Gasteiger partial charge in [0.05, 0.1) is 51.1 Å². The molecule has 0 aliphatic heterocycles. The molecule has 120 valence electrons. The topological polar surface area (TPSA) is 88.7 Å². The van der Waals surface area contributed by atoms with Gasteiger partial charge >= 0.3 is 6.01 Å². The van der Waals surface area contributed by atoms with Crippen molar-refractivity contribution in [2.24, 2.45) is 0 Å². The van der Waals surface area contributed by atoms with Gasteiger partial charge in [-0.25, -0.2) is 9.97 Å². The molecule has 0 amide bonds. The molecule has 7 nitrogen and oxygen atoms in total. The fourth-order valence-corrected chi connectivity index (χ4v) is 1.38. The van der Waals surface area contributed by atoms with Gasteiger partial charge in [-0.2, -0.15) is 0 Å². The van der Waals surface area contributed by atoms with Crippen molar-refractivity contribution in [3.8, 4) is 6.01 Å². The zero-order valence-corrected chi connectivity index (χ0v) is 12.6. The summed E-state index contributed by atoms with van der Waals surface area (Å²) in [4.78, 5) is 7.83. The summed E-state index contributed by atoms with van der Waals surface area (Å²) in [5.41, 5.74) is 5.98. The molecule has 0 aromatic carbocycles. The van der Waals surface area contributed by atoms with Crippen molar-refractivity contribution in [3.05, 3.63) is 12.4 Å². The maximum absolute atomic E-state index is 5.47. The molecule has 0 saturated carbocycles. The maximum atomic E-state index is 5.47. The monoisotopic (exact) mass is 299 g/mol. The van der Waals surface area contributed by atoms with Crippen molar-refractivity contribution < 1.29 is 18.9 Å². The van der Waals surface area contributed by atoms with Gasteiger partial charge in [0.1, 0.15) is 6.61 Å². The van der Waals surface area contributed by atoms with Crippen LogP contribution in [0.3, 0.4) is 0 Å². The lowest BCUT2D eigenvalue weighted by atomic mass is 10.4. The van der Waals surface area contributed by atoms with Crippen LogP contribution in [0.2, 0.25) is 0 Å². The van der Waals surface area contributed by atoms with Crippen LogP contribution in [0.4, 0.5) is 5.69 Å². The fraction of sp³-hybridized carbons (Fsp3) is 0.714. The number of hydrogen-bond acceptors (Lipinski definition) is 7. The Labute approximate surface area is 125 Å². The number of nitrogens with zero attached hydrogens (tertiary/aromatic N) is 2. The average Bonchev–Trinajstić information content (AvgIpc) is 2.50. The van der Waals surface area contributed by atoms with E-state index in [0.717, 1.165) is 19.4 Å². The summed E-state index contributed by atoms with van der Waals surface area (Å²) < 4.78 is 21.4. The fourth-order valence-electron chi connectivity index (χ4n) is 1.38. The summed E-state index contributed by atoms with van der Waals surface area (Å²) in [7, 11) is 0. The number of ether oxygens (including phenoxy) is 4. The van der Waals surface area contributed by atoms with Gasteiger partial charge in [0.25, 0.3) is 0 Å². The molecule has 0 aliphatic carbocycles. The first-order valence-corrected chi connectivity index (χ1v) is 7.26. The van der Waals surface area contributed by atoms with Gasteiger partial charge in [-0.15, -0.1) is 0 Å². The third kappa shape index (κ3) is 10.0. The van der Waals surface area contributed by atoms with Crippen molar-refractivity contribution in [3.63, 3.8) is 0 Å². The minimum Gasteiger partial charge on any atom is -0.461 e. The first-order chi connectivity index (χ1) is 10.3. The summed E-state index contributed by atoms with van der Waals surface area (Å²) >= 11 is 0. The third-order valence-electron chi connectivity index (χ3n) is 2.49. The molecule has 2 N–H and O–H groups in total. The van der Waals surface area contributed by atoms with Gasteiger partial charge in [0.15, 0.2) is 0 Å². The van der Waals surface area contributed by atoms with Gasteiger partial charge in [-0.1, -0.05) is 13.3 Å². The Balaban J connectivity index is 1.81. The molecular formula is C14H25N3O4. The first-order valence-electron chi connectivity index (χ1n) is 7.26. The Morgan fingerprint density at radius 2 is 1.38 bits per heavy atom. The van der Waals surface area contributed by atoms with Gasteiger partial charge in [-0.05, 0) is 6.42 Å². The van der Waals surface area contributed by atoms with E-state index >= 15 is 0 Å². The molecule has 0 fully saturated rings. The summed E-state index contributed by atoms with van der Waals surface area (Å²) in [6.07, 6.45) is 5.25. The first kappa shape index (κ1) is 17.6. The van der Waals surface area contributed by atoms with Gasteiger partial charge in [0, 0.05) is 6.61 Å². The van der Waals surface area contributed by atoms with Gasteiger partial charge in [-0.3, -0.25) is 0 Å². The highest BCUT2D eigenvalue weighted by molar-refractivity contribution is 5.30. The van der Waals surface area contributed by atoms with E-state index in [-0.39, 0.29) is 0 Å². The predicted octanol–water partition coefficient (Wildman–Crippen LogP) is 1.29. The molecule has 0 saturated heterocycles. The highest BCUT2D eigenvalue weighted by Gasteiger charge is 1.97. The summed E-state index contributed by atoms with van der Waals surface area (Å²) in [6, 6.07) is 0.299. The largest absolute Gasteiger partial charge is 0.461 e. The molecule has 1 aromatic rings. The number of aromatic nitrogens is 2. The van der Waals surface area contributed by atoms with Crippen LogP contribution in [0, 0.1) is 0 Å².